The Kier molecular flexibility index (Phi) is 4.05. The van der Waals surface area contributed by atoms with Crippen LogP contribution in [-0.2, 0) is 11.3 Å². The smallest absolute Gasteiger partial charge is 0.254 e. The Bertz CT molecular complexity index is 973. The van der Waals surface area contributed by atoms with Crippen LogP contribution in [0.2, 0.25) is 0 Å². The summed E-state index contributed by atoms with van der Waals surface area (Å²) in [6.45, 7) is 2.54. The predicted molar refractivity (Wildman–Crippen MR) is 98.2 cm³/mol. The normalized spacial score (nSPS) is 19.0. The molecule has 2 aliphatic rings. The van der Waals surface area contributed by atoms with Gasteiger partial charge in [0.15, 0.2) is 11.5 Å². The van der Waals surface area contributed by atoms with E-state index in [1.165, 1.54) is 6.33 Å². The fourth-order valence-electron chi connectivity index (χ4n) is 3.99. The van der Waals surface area contributed by atoms with Crippen molar-refractivity contribution < 1.29 is 14.2 Å². The maximum absolute atomic E-state index is 5.97. The Morgan fingerprint density at radius 1 is 1.26 bits per heavy atom. The van der Waals surface area contributed by atoms with Crippen LogP contribution < -0.4 is 14.4 Å². The van der Waals surface area contributed by atoms with Gasteiger partial charge in [-0.15, -0.1) is 0 Å². The lowest BCUT2D eigenvalue weighted by Crippen LogP contribution is -2.27. The number of anilines is 1. The summed E-state index contributed by atoms with van der Waals surface area (Å²) in [6, 6.07) is 8.36. The number of methoxy groups -OCH3 is 1. The zero-order chi connectivity index (χ0) is 18.2. The van der Waals surface area contributed by atoms with E-state index in [0.29, 0.717) is 25.6 Å². The summed E-state index contributed by atoms with van der Waals surface area (Å²) >= 11 is 0. The first-order chi connectivity index (χ1) is 13.3. The summed E-state index contributed by atoms with van der Waals surface area (Å²) in [4.78, 5) is 11.2. The second-order valence-corrected chi connectivity index (χ2v) is 6.73. The first-order valence-electron chi connectivity index (χ1n) is 9.19. The minimum absolute atomic E-state index is 0.187. The molecular weight excluding hydrogens is 346 g/mol. The van der Waals surface area contributed by atoms with Gasteiger partial charge in [0.05, 0.1) is 18.3 Å². The molecule has 0 aliphatic carbocycles. The Labute approximate surface area is 156 Å². The first-order valence-corrected chi connectivity index (χ1v) is 9.19. The van der Waals surface area contributed by atoms with Crippen molar-refractivity contribution in [1.29, 1.82) is 0 Å². The summed E-state index contributed by atoms with van der Waals surface area (Å²) in [5.74, 6) is 3.24. The van der Waals surface area contributed by atoms with Gasteiger partial charge in [0.1, 0.15) is 25.4 Å². The molecule has 8 heteroatoms. The third-order valence-electron chi connectivity index (χ3n) is 5.08. The average molecular weight is 367 g/mol. The van der Waals surface area contributed by atoms with Gasteiger partial charge in [-0.25, -0.2) is 4.98 Å². The number of fused-ring (bicyclic) bond motifs is 2. The topological polar surface area (TPSA) is 74.0 Å². The summed E-state index contributed by atoms with van der Waals surface area (Å²) in [5, 5.41) is 4.38. The monoisotopic (exact) mass is 367 g/mol. The molecule has 27 heavy (non-hydrogen) atoms. The van der Waals surface area contributed by atoms with Gasteiger partial charge in [0.2, 0.25) is 0 Å². The lowest BCUT2D eigenvalue weighted by Gasteiger charge is -2.30. The molecule has 2 aromatic heterocycles. The molecule has 0 N–H and O–H groups in total. The highest BCUT2D eigenvalue weighted by Crippen LogP contribution is 2.44. The summed E-state index contributed by atoms with van der Waals surface area (Å²) in [5.41, 5.74) is 2.00. The van der Waals surface area contributed by atoms with Crippen LogP contribution >= 0.6 is 0 Å². The number of ether oxygens (including phenoxy) is 3. The molecule has 4 heterocycles. The number of hydrogen-bond acceptors (Lipinski definition) is 7. The van der Waals surface area contributed by atoms with Gasteiger partial charge in [-0.3, -0.25) is 0 Å². The SMILES string of the molecule is COCc1cc(N2CCCC2c2cccc3c2OCCO3)n2ncnc2n1. The van der Waals surface area contributed by atoms with Gasteiger partial charge in [0.25, 0.3) is 5.78 Å². The van der Waals surface area contributed by atoms with Crippen molar-refractivity contribution >= 4 is 11.6 Å². The van der Waals surface area contributed by atoms with Crippen molar-refractivity contribution in [2.45, 2.75) is 25.5 Å². The maximum Gasteiger partial charge on any atom is 0.254 e. The standard InChI is InChI=1S/C19H21N5O3/c1-25-11-13-10-17(24-19(22-13)20-12-21-24)23-7-3-5-15(23)14-4-2-6-16-18(14)27-9-8-26-16/h2,4,6,10,12,15H,3,5,7-9,11H2,1H3. The van der Waals surface area contributed by atoms with E-state index >= 15 is 0 Å². The van der Waals surface area contributed by atoms with Crippen molar-refractivity contribution in [1.82, 2.24) is 19.6 Å². The highest BCUT2D eigenvalue weighted by Gasteiger charge is 2.32. The van der Waals surface area contributed by atoms with Gasteiger partial charge >= 0.3 is 0 Å². The molecule has 5 rings (SSSR count). The van der Waals surface area contributed by atoms with E-state index in [2.05, 4.69) is 26.0 Å². The zero-order valence-electron chi connectivity index (χ0n) is 15.2. The summed E-state index contributed by atoms with van der Waals surface area (Å²) in [7, 11) is 1.67. The van der Waals surface area contributed by atoms with Gasteiger partial charge in [-0.2, -0.15) is 14.6 Å². The highest BCUT2D eigenvalue weighted by atomic mass is 16.6. The molecule has 0 saturated carbocycles. The number of rotatable bonds is 4. The second-order valence-electron chi connectivity index (χ2n) is 6.73. The maximum atomic E-state index is 5.97. The van der Waals surface area contributed by atoms with Gasteiger partial charge in [-0.05, 0) is 18.9 Å². The lowest BCUT2D eigenvalue weighted by molar-refractivity contribution is 0.169. The van der Waals surface area contributed by atoms with E-state index < -0.39 is 0 Å². The number of nitrogens with zero attached hydrogens (tertiary/aromatic N) is 5. The zero-order valence-corrected chi connectivity index (χ0v) is 15.2. The van der Waals surface area contributed by atoms with Crippen molar-refractivity contribution in [3.63, 3.8) is 0 Å². The number of aromatic nitrogens is 4. The van der Waals surface area contributed by atoms with Crippen molar-refractivity contribution in [2.75, 3.05) is 31.8 Å². The molecule has 8 nitrogen and oxygen atoms in total. The largest absolute Gasteiger partial charge is 0.486 e. The van der Waals surface area contributed by atoms with E-state index in [9.17, 15) is 0 Å². The molecular formula is C19H21N5O3. The van der Waals surface area contributed by atoms with Crippen LogP contribution in [0.1, 0.15) is 30.1 Å². The molecule has 3 aromatic rings. The Hall–Kier alpha value is -2.87. The van der Waals surface area contributed by atoms with E-state index in [-0.39, 0.29) is 6.04 Å². The molecule has 1 unspecified atom stereocenters. The number of hydrogen-bond donors (Lipinski definition) is 0. The predicted octanol–water partition coefficient (Wildman–Crippen LogP) is 2.38. The van der Waals surface area contributed by atoms with Crippen LogP contribution in [0.4, 0.5) is 5.82 Å². The van der Waals surface area contributed by atoms with E-state index in [0.717, 1.165) is 48.0 Å². The average Bonchev–Trinajstić information content (AvgIpc) is 3.36. The van der Waals surface area contributed by atoms with Crippen LogP contribution in [0.25, 0.3) is 5.78 Å². The van der Waals surface area contributed by atoms with Crippen molar-refractivity contribution in [3.8, 4) is 11.5 Å². The summed E-state index contributed by atoms with van der Waals surface area (Å²) < 4.78 is 18.8. The number of benzene rings is 1. The molecule has 1 atom stereocenters. The highest BCUT2D eigenvalue weighted by molar-refractivity contribution is 5.55. The molecule has 0 spiro atoms. The number of para-hydroxylation sites is 1. The fourth-order valence-corrected chi connectivity index (χ4v) is 3.99. The fraction of sp³-hybridized carbons (Fsp3) is 0.421. The molecule has 0 amide bonds. The van der Waals surface area contributed by atoms with Crippen molar-refractivity contribution in [2.24, 2.45) is 0 Å². The van der Waals surface area contributed by atoms with Crippen molar-refractivity contribution in [3.05, 3.63) is 41.9 Å². The van der Waals surface area contributed by atoms with E-state index in [4.69, 9.17) is 14.2 Å². The second kappa shape index (κ2) is 6.70. The van der Waals surface area contributed by atoms with Crippen LogP contribution in [0.5, 0.6) is 11.5 Å². The molecule has 2 aliphatic heterocycles. The summed E-state index contributed by atoms with van der Waals surface area (Å²) in [6.07, 6.45) is 3.67. The lowest BCUT2D eigenvalue weighted by atomic mass is 10.0. The minimum Gasteiger partial charge on any atom is -0.486 e. The van der Waals surface area contributed by atoms with E-state index in [1.807, 2.05) is 18.2 Å². The van der Waals surface area contributed by atoms with Crippen LogP contribution in [0, 0.1) is 0 Å². The van der Waals surface area contributed by atoms with Gasteiger partial charge in [-0.1, -0.05) is 12.1 Å². The third kappa shape index (κ3) is 2.76. The first kappa shape index (κ1) is 16.3. The van der Waals surface area contributed by atoms with Crippen LogP contribution in [0.3, 0.4) is 0 Å². The third-order valence-corrected chi connectivity index (χ3v) is 5.08. The molecule has 0 bridgehead atoms. The van der Waals surface area contributed by atoms with Gasteiger partial charge < -0.3 is 19.1 Å². The molecule has 1 aromatic carbocycles. The Morgan fingerprint density at radius 2 is 2.19 bits per heavy atom. The van der Waals surface area contributed by atoms with Crippen LogP contribution in [-0.4, -0.2) is 46.5 Å². The molecule has 1 fully saturated rings. The Balaban J connectivity index is 1.60. The molecule has 0 radical (unpaired) electrons. The van der Waals surface area contributed by atoms with Crippen LogP contribution in [0.15, 0.2) is 30.6 Å². The van der Waals surface area contributed by atoms with Gasteiger partial charge in [0, 0.05) is 25.3 Å². The quantitative estimate of drug-likeness (QED) is 0.701. The Morgan fingerprint density at radius 3 is 3.11 bits per heavy atom. The minimum atomic E-state index is 0.187. The molecule has 1 saturated heterocycles. The molecule has 140 valence electrons. The van der Waals surface area contributed by atoms with E-state index in [1.54, 1.807) is 11.6 Å².